The molecule has 0 spiro atoms. The maximum atomic E-state index is 9.24. The minimum absolute atomic E-state index is 0.0558. The maximum Gasteiger partial charge on any atom is 0.180 e. The first kappa shape index (κ1) is 12.4. The van der Waals surface area contributed by atoms with Crippen LogP contribution in [0, 0.1) is 0 Å². The Morgan fingerprint density at radius 3 is 1.78 bits per heavy atom. The lowest BCUT2D eigenvalue weighted by atomic mass is 10.0. The molecule has 210 valence electrons. The van der Waals surface area contributed by atoms with Crippen LogP contribution in [0.2, 0.25) is 0 Å². The number of nitrogens with zero attached hydrogens (tertiary/aromatic N) is 2. The summed E-state index contributed by atoms with van der Waals surface area (Å²) in [4.78, 5) is 9.47. The number of aromatic nitrogens is 2. The van der Waals surface area contributed by atoms with Gasteiger partial charge in [-0.2, -0.15) is 0 Å². The lowest BCUT2D eigenvalue weighted by Gasteiger charge is -2.07. The second-order valence-corrected chi connectivity index (χ2v) is 9.91. The predicted molar refractivity (Wildman–Crippen MR) is 180 cm³/mol. The minimum atomic E-state index is -0.723. The molecule has 6 aromatic carbocycles. The molecule has 0 saturated carbocycles. The van der Waals surface area contributed by atoms with Crippen LogP contribution >= 0.6 is 0 Å². The van der Waals surface area contributed by atoms with E-state index in [9.17, 15) is 1.37 Å². The van der Waals surface area contributed by atoms with E-state index in [2.05, 4.69) is 0 Å². The zero-order valence-corrected chi connectivity index (χ0v) is 22.4. The number of para-hydroxylation sites is 4. The standard InChI is InChI=1S/C40H22N2O3/c1-2-10-23(11-3-1)24-20-21-34-31(22-24)36-39(45-34)35(29-16-8-14-27-25-12-4-6-18-32(25)43-37(27)29)41-40(42-36)30-17-9-15-28-26-13-5-7-19-33(26)44-38(28)30/h1-22H/i1D,2D,3D,4D,5D,6D,7D,8D,9D,10D,11D,12D,13D,14D,15D,16D,17D,18D,19D. The Kier molecular flexibility index (Phi) is 2.53. The van der Waals surface area contributed by atoms with Gasteiger partial charge in [-0.25, -0.2) is 9.97 Å². The molecule has 0 amide bonds. The van der Waals surface area contributed by atoms with Crippen molar-refractivity contribution in [2.45, 2.75) is 0 Å². The SMILES string of the molecule is [2H]c1c([2H])c([2H])c(-c2ccc3oc4c(-c5c([2H])c([2H])c([2H])c6c5oc5c([2H])c([2H])c([2H])c([2H])c56)nc(-c5c([2H])c([2H])c([2H])c6c5oc5c([2H])c([2H])c([2H])c([2H])c56)nc4c3c2)c([2H])c1[2H]. The minimum Gasteiger partial charge on any atom is -0.455 e. The summed E-state index contributed by atoms with van der Waals surface area (Å²) in [6, 6.07) is -7.77. The molecule has 0 N–H and O–H groups in total. The lowest BCUT2D eigenvalue weighted by molar-refractivity contribution is 0.662. The van der Waals surface area contributed by atoms with Crippen LogP contribution in [0.25, 0.3) is 99.7 Å². The molecule has 5 nitrogen and oxygen atoms in total. The van der Waals surface area contributed by atoms with Crippen LogP contribution in [-0.4, -0.2) is 9.97 Å². The molecule has 4 heterocycles. The first-order valence-electron chi connectivity index (χ1n) is 22.9. The molecular formula is C40H22N2O3. The monoisotopic (exact) mass is 597 g/mol. The second kappa shape index (κ2) is 9.15. The lowest BCUT2D eigenvalue weighted by Crippen LogP contribution is -1.94. The molecule has 45 heavy (non-hydrogen) atoms. The molecular weight excluding hydrogens is 556 g/mol. The van der Waals surface area contributed by atoms with Gasteiger partial charge in [0.05, 0.1) is 31.6 Å². The maximum absolute atomic E-state index is 9.24. The summed E-state index contributed by atoms with van der Waals surface area (Å²) in [6.07, 6.45) is 0. The molecule has 0 atom stereocenters. The van der Waals surface area contributed by atoms with Crippen molar-refractivity contribution in [1.82, 2.24) is 9.97 Å². The highest BCUT2D eigenvalue weighted by Gasteiger charge is 2.23. The van der Waals surface area contributed by atoms with E-state index in [0.717, 1.165) is 0 Å². The molecule has 10 rings (SSSR count). The fraction of sp³-hybridized carbons (Fsp3) is 0. The Labute approximate surface area is 282 Å². The van der Waals surface area contributed by atoms with Gasteiger partial charge < -0.3 is 13.3 Å². The number of hydrogen-bond donors (Lipinski definition) is 0. The van der Waals surface area contributed by atoms with Crippen LogP contribution in [-0.2, 0) is 0 Å². The van der Waals surface area contributed by atoms with Gasteiger partial charge in [-0.15, -0.1) is 0 Å². The van der Waals surface area contributed by atoms with Crippen molar-refractivity contribution in [1.29, 1.82) is 0 Å². The Balaban J connectivity index is 1.41. The van der Waals surface area contributed by atoms with Crippen molar-refractivity contribution >= 4 is 65.9 Å². The summed E-state index contributed by atoms with van der Waals surface area (Å²) in [7, 11) is 0. The quantitative estimate of drug-likeness (QED) is 0.203. The number of rotatable bonds is 3. The third kappa shape index (κ3) is 3.55. The van der Waals surface area contributed by atoms with Crippen LogP contribution in [0.15, 0.2) is 146 Å². The third-order valence-corrected chi connectivity index (χ3v) is 7.43. The summed E-state index contributed by atoms with van der Waals surface area (Å²) >= 11 is 0. The third-order valence-electron chi connectivity index (χ3n) is 7.43. The average Bonchev–Trinajstić information content (AvgIpc) is 3.99. The molecule has 0 radical (unpaired) electrons. The van der Waals surface area contributed by atoms with Gasteiger partial charge in [0.15, 0.2) is 11.4 Å². The van der Waals surface area contributed by atoms with E-state index in [4.69, 9.17) is 47.9 Å². The fourth-order valence-corrected chi connectivity index (χ4v) is 5.46. The highest BCUT2D eigenvalue weighted by Crippen LogP contribution is 2.42. The zero-order chi connectivity index (χ0) is 46.0. The van der Waals surface area contributed by atoms with Gasteiger partial charge >= 0.3 is 0 Å². The van der Waals surface area contributed by atoms with Crippen LogP contribution < -0.4 is 0 Å². The van der Waals surface area contributed by atoms with Crippen molar-refractivity contribution in [3.05, 3.63) is 133 Å². The summed E-state index contributed by atoms with van der Waals surface area (Å²) in [5, 5.41) is -0.973. The summed E-state index contributed by atoms with van der Waals surface area (Å²) < 4.78 is 182. The van der Waals surface area contributed by atoms with E-state index in [-0.39, 0.29) is 71.6 Å². The van der Waals surface area contributed by atoms with Crippen LogP contribution in [0.4, 0.5) is 0 Å². The number of fused-ring (bicyclic) bond motifs is 9. The van der Waals surface area contributed by atoms with E-state index in [1.165, 1.54) is 18.2 Å². The highest BCUT2D eigenvalue weighted by atomic mass is 16.3. The van der Waals surface area contributed by atoms with Gasteiger partial charge in [-0.3, -0.25) is 0 Å². The van der Waals surface area contributed by atoms with E-state index in [1.807, 2.05) is 0 Å². The topological polar surface area (TPSA) is 65.2 Å². The first-order valence-corrected chi connectivity index (χ1v) is 13.4. The molecule has 0 saturated heterocycles. The highest BCUT2D eigenvalue weighted by molar-refractivity contribution is 6.14. The van der Waals surface area contributed by atoms with Gasteiger partial charge in [0, 0.05) is 32.5 Å². The molecule has 5 heteroatoms. The van der Waals surface area contributed by atoms with E-state index in [0.29, 0.717) is 0 Å². The van der Waals surface area contributed by atoms with E-state index in [1.54, 1.807) is 0 Å². The molecule has 0 aliphatic carbocycles. The van der Waals surface area contributed by atoms with Gasteiger partial charge in [-0.1, -0.05) is 96.7 Å². The number of benzene rings is 6. The zero-order valence-electron chi connectivity index (χ0n) is 41.4. The Hall–Kier alpha value is -6.20. The van der Waals surface area contributed by atoms with Crippen molar-refractivity contribution in [2.24, 2.45) is 0 Å². The van der Waals surface area contributed by atoms with Crippen LogP contribution in [0.3, 0.4) is 0 Å². The Bertz CT molecular complexity index is 3830. The first-order chi connectivity index (χ1) is 30.2. The molecule has 0 aliphatic heterocycles. The largest absolute Gasteiger partial charge is 0.455 e. The van der Waals surface area contributed by atoms with Gasteiger partial charge in [0.2, 0.25) is 0 Å². The summed E-state index contributed by atoms with van der Waals surface area (Å²) in [5.74, 6) is -0.481. The molecule has 0 bridgehead atoms. The Morgan fingerprint density at radius 2 is 1.04 bits per heavy atom. The second-order valence-electron chi connectivity index (χ2n) is 9.91. The van der Waals surface area contributed by atoms with Gasteiger partial charge in [0.1, 0.15) is 39.1 Å². The van der Waals surface area contributed by atoms with E-state index < -0.39 is 143 Å². The normalized spacial score (nSPS) is 17.9. The summed E-state index contributed by atoms with van der Waals surface area (Å²) in [5.41, 5.74) is -3.11. The molecule has 0 fully saturated rings. The molecule has 4 aromatic heterocycles. The fourth-order valence-electron chi connectivity index (χ4n) is 5.46. The molecule has 0 unspecified atom stereocenters. The van der Waals surface area contributed by atoms with Crippen molar-refractivity contribution in [3.63, 3.8) is 0 Å². The van der Waals surface area contributed by atoms with Crippen molar-refractivity contribution < 1.29 is 39.3 Å². The smallest absolute Gasteiger partial charge is 0.180 e. The van der Waals surface area contributed by atoms with Gasteiger partial charge in [-0.05, 0) is 47.4 Å². The number of furan rings is 3. The predicted octanol–water partition coefficient (Wildman–Crippen LogP) is 11.2. The van der Waals surface area contributed by atoms with Crippen LogP contribution in [0.1, 0.15) is 26.0 Å². The van der Waals surface area contributed by atoms with E-state index >= 15 is 0 Å². The Morgan fingerprint density at radius 1 is 0.444 bits per heavy atom. The average molecular weight is 598 g/mol. The molecule has 10 aromatic rings. The van der Waals surface area contributed by atoms with Crippen molar-refractivity contribution in [2.75, 3.05) is 0 Å². The number of hydrogen-bond acceptors (Lipinski definition) is 5. The van der Waals surface area contributed by atoms with Crippen LogP contribution in [0.5, 0.6) is 0 Å². The molecule has 0 aliphatic rings. The van der Waals surface area contributed by atoms with Gasteiger partial charge in [0.25, 0.3) is 0 Å². The van der Waals surface area contributed by atoms with Crippen molar-refractivity contribution in [3.8, 4) is 33.8 Å². The summed E-state index contributed by atoms with van der Waals surface area (Å²) in [6.45, 7) is 0.